The lowest BCUT2D eigenvalue weighted by atomic mass is 10.1. The summed E-state index contributed by atoms with van der Waals surface area (Å²) >= 11 is 0. The van der Waals surface area contributed by atoms with Crippen LogP contribution in [0.3, 0.4) is 0 Å². The van der Waals surface area contributed by atoms with Gasteiger partial charge < -0.3 is 0 Å². The number of hydrogen-bond acceptors (Lipinski definition) is 2. The van der Waals surface area contributed by atoms with Gasteiger partial charge in [-0.3, -0.25) is 9.59 Å². The Morgan fingerprint density at radius 2 is 1.27 bits per heavy atom. The Labute approximate surface area is 75.4 Å². The summed E-state index contributed by atoms with van der Waals surface area (Å²) in [7, 11) is 0. The second-order valence-corrected chi connectivity index (χ2v) is 1.86. The highest BCUT2D eigenvalue weighted by atomic mass is 27.0. The molecule has 0 aliphatic carbocycles. The number of hydrogen-bond donors (Lipinski definition) is 0. The molecule has 11 heavy (non-hydrogen) atoms. The summed E-state index contributed by atoms with van der Waals surface area (Å²) in [5.41, 5.74) is 0.884. The van der Waals surface area contributed by atoms with E-state index in [4.69, 9.17) is 0 Å². The summed E-state index contributed by atoms with van der Waals surface area (Å²) in [5, 5.41) is 0. The monoisotopic (exact) mass is 161 g/mol. The molecule has 1 rings (SSSR count). The predicted octanol–water partition coefficient (Wildman–Crippen LogP) is 0.931. The lowest BCUT2D eigenvalue weighted by molar-refractivity contribution is 0.109. The van der Waals surface area contributed by atoms with Gasteiger partial charge in [0.1, 0.15) is 0 Å². The minimum atomic E-state index is 0. The first-order valence-corrected chi connectivity index (χ1v) is 2.88. The average Bonchev–Trinajstić information content (AvgIpc) is 2.04. The smallest absolute Gasteiger partial charge is 0.150 e. The van der Waals surface area contributed by atoms with Gasteiger partial charge in [0, 0.05) is 28.5 Å². The van der Waals surface area contributed by atoms with E-state index in [9.17, 15) is 9.59 Å². The standard InChI is InChI=1S/C8H6O2.Al/c9-5-7-3-1-2-4-8(7)6-10;/h1-6H;. The van der Waals surface area contributed by atoms with E-state index in [1.54, 1.807) is 24.3 Å². The summed E-state index contributed by atoms with van der Waals surface area (Å²) in [6.45, 7) is 0. The Bertz CT molecular complexity index is 231. The second-order valence-electron chi connectivity index (χ2n) is 1.86. The molecule has 0 saturated carbocycles. The van der Waals surface area contributed by atoms with Crippen LogP contribution in [0.5, 0.6) is 0 Å². The van der Waals surface area contributed by atoms with E-state index in [-0.39, 0.29) is 17.4 Å². The van der Waals surface area contributed by atoms with Crippen molar-refractivity contribution in [3.8, 4) is 0 Å². The highest BCUT2D eigenvalue weighted by Gasteiger charge is 1.95. The fourth-order valence-electron chi connectivity index (χ4n) is 0.726. The molecule has 3 heteroatoms. The fraction of sp³-hybridized carbons (Fsp3) is 0. The van der Waals surface area contributed by atoms with E-state index in [1.807, 2.05) is 0 Å². The van der Waals surface area contributed by atoms with Gasteiger partial charge in [-0.25, -0.2) is 0 Å². The number of rotatable bonds is 2. The van der Waals surface area contributed by atoms with Crippen LogP contribution >= 0.6 is 0 Å². The van der Waals surface area contributed by atoms with Gasteiger partial charge in [-0.2, -0.15) is 0 Å². The molecule has 0 aromatic heterocycles. The molecule has 0 saturated heterocycles. The fourth-order valence-corrected chi connectivity index (χ4v) is 0.726. The summed E-state index contributed by atoms with van der Waals surface area (Å²) < 4.78 is 0. The van der Waals surface area contributed by atoms with Crippen molar-refractivity contribution in [1.29, 1.82) is 0 Å². The van der Waals surface area contributed by atoms with Crippen molar-refractivity contribution in [3.05, 3.63) is 35.4 Å². The third-order valence-corrected chi connectivity index (χ3v) is 1.25. The Morgan fingerprint density at radius 3 is 1.55 bits per heavy atom. The third-order valence-electron chi connectivity index (χ3n) is 1.25. The van der Waals surface area contributed by atoms with Crippen molar-refractivity contribution < 1.29 is 9.59 Å². The van der Waals surface area contributed by atoms with Crippen LogP contribution in [0.1, 0.15) is 20.7 Å². The third kappa shape index (κ3) is 2.30. The summed E-state index contributed by atoms with van der Waals surface area (Å²) in [5.74, 6) is 0. The number of benzene rings is 1. The van der Waals surface area contributed by atoms with Gasteiger partial charge in [0.25, 0.3) is 0 Å². The van der Waals surface area contributed by atoms with Crippen molar-refractivity contribution in [1.82, 2.24) is 0 Å². The van der Waals surface area contributed by atoms with Crippen molar-refractivity contribution in [2.24, 2.45) is 0 Å². The Hall–Kier alpha value is -0.908. The van der Waals surface area contributed by atoms with Crippen LogP contribution in [-0.4, -0.2) is 29.9 Å². The molecule has 0 fully saturated rings. The average molecular weight is 161 g/mol. The van der Waals surface area contributed by atoms with Crippen LogP contribution in [0, 0.1) is 0 Å². The highest BCUT2D eigenvalue weighted by molar-refractivity contribution is 5.89. The molecule has 0 atom stereocenters. The molecule has 0 heterocycles. The van der Waals surface area contributed by atoms with E-state index in [2.05, 4.69) is 0 Å². The molecule has 0 aliphatic heterocycles. The first-order chi connectivity index (χ1) is 4.88. The van der Waals surface area contributed by atoms with Gasteiger partial charge in [0.05, 0.1) is 0 Å². The van der Waals surface area contributed by atoms with E-state index < -0.39 is 0 Å². The zero-order valence-corrected chi connectivity index (χ0v) is 7.01. The summed E-state index contributed by atoms with van der Waals surface area (Å²) in [6.07, 6.45) is 1.34. The van der Waals surface area contributed by atoms with E-state index in [0.29, 0.717) is 23.7 Å². The first-order valence-electron chi connectivity index (χ1n) is 2.88. The predicted molar refractivity (Wildman–Crippen MR) is 43.0 cm³/mol. The number of carbonyl (C=O) groups is 2. The molecule has 1 aromatic rings. The SMILES string of the molecule is O=Cc1ccccc1C=O.[Al]. The highest BCUT2D eigenvalue weighted by Crippen LogP contribution is 2.01. The largest absolute Gasteiger partial charge is 0.298 e. The zero-order valence-electron chi connectivity index (χ0n) is 5.86. The van der Waals surface area contributed by atoms with E-state index >= 15 is 0 Å². The molecule has 3 radical (unpaired) electrons. The van der Waals surface area contributed by atoms with Crippen LogP contribution in [0.15, 0.2) is 24.3 Å². The Kier molecular flexibility index (Phi) is 4.44. The lowest BCUT2D eigenvalue weighted by Crippen LogP contribution is -1.87. The van der Waals surface area contributed by atoms with Crippen LogP contribution in [0.25, 0.3) is 0 Å². The second kappa shape index (κ2) is 4.84. The molecule has 2 nitrogen and oxygen atoms in total. The minimum absolute atomic E-state index is 0. The minimum Gasteiger partial charge on any atom is -0.298 e. The normalized spacial score (nSPS) is 8.00. The molecule has 0 amide bonds. The van der Waals surface area contributed by atoms with Crippen LogP contribution in [0.2, 0.25) is 0 Å². The van der Waals surface area contributed by atoms with Crippen LogP contribution < -0.4 is 0 Å². The van der Waals surface area contributed by atoms with Crippen LogP contribution in [0.4, 0.5) is 0 Å². The zero-order chi connectivity index (χ0) is 7.40. The topological polar surface area (TPSA) is 34.1 Å². The summed E-state index contributed by atoms with van der Waals surface area (Å²) in [6, 6.07) is 6.65. The van der Waals surface area contributed by atoms with Crippen LogP contribution in [-0.2, 0) is 0 Å². The molecule has 1 aromatic carbocycles. The maximum Gasteiger partial charge on any atom is 0.150 e. The molecular formula is C8H6AlO2. The van der Waals surface area contributed by atoms with E-state index in [1.165, 1.54) is 0 Å². The maximum absolute atomic E-state index is 10.2. The Morgan fingerprint density at radius 1 is 0.909 bits per heavy atom. The van der Waals surface area contributed by atoms with Gasteiger partial charge in [0.15, 0.2) is 12.6 Å². The molecule has 0 aliphatic rings. The molecule has 0 unspecified atom stereocenters. The van der Waals surface area contributed by atoms with Gasteiger partial charge in [-0.1, -0.05) is 24.3 Å². The quantitative estimate of drug-likeness (QED) is 0.477. The lowest BCUT2D eigenvalue weighted by Gasteiger charge is -1.91. The van der Waals surface area contributed by atoms with Gasteiger partial charge >= 0.3 is 0 Å². The maximum atomic E-state index is 10.2. The number of carbonyl (C=O) groups excluding carboxylic acids is 2. The molecule has 53 valence electrons. The molecule has 0 N–H and O–H groups in total. The van der Waals surface area contributed by atoms with Gasteiger partial charge in [-0.05, 0) is 0 Å². The van der Waals surface area contributed by atoms with Gasteiger partial charge in [0.2, 0.25) is 0 Å². The van der Waals surface area contributed by atoms with Crippen molar-refractivity contribution in [2.75, 3.05) is 0 Å². The summed E-state index contributed by atoms with van der Waals surface area (Å²) in [4.78, 5) is 20.5. The van der Waals surface area contributed by atoms with Crippen molar-refractivity contribution in [3.63, 3.8) is 0 Å². The molecule has 0 bridgehead atoms. The van der Waals surface area contributed by atoms with Gasteiger partial charge in [-0.15, -0.1) is 0 Å². The molecule has 0 spiro atoms. The first kappa shape index (κ1) is 10.1. The van der Waals surface area contributed by atoms with Crippen molar-refractivity contribution in [2.45, 2.75) is 0 Å². The van der Waals surface area contributed by atoms with E-state index in [0.717, 1.165) is 0 Å². The number of aldehydes is 2. The molecular weight excluding hydrogens is 155 g/mol. The Balaban J connectivity index is 0.000001000. The van der Waals surface area contributed by atoms with Crippen molar-refractivity contribution >= 4 is 29.9 Å².